The number of hydrogen-bond acceptors (Lipinski definition) is 4. The van der Waals surface area contributed by atoms with Crippen molar-refractivity contribution in [2.24, 2.45) is 0 Å². The fraction of sp³-hybridized carbons (Fsp3) is 0.364. The first kappa shape index (κ1) is 19.9. The topological polar surface area (TPSA) is 72.9 Å². The molecule has 2 aromatic carbocycles. The lowest BCUT2D eigenvalue weighted by Crippen LogP contribution is -2.50. The minimum absolute atomic E-state index is 0.00229. The van der Waals surface area contributed by atoms with Crippen molar-refractivity contribution in [3.63, 3.8) is 0 Å². The maximum Gasteiger partial charge on any atom is 0.238 e. The molecule has 1 aliphatic rings. The summed E-state index contributed by atoms with van der Waals surface area (Å²) in [4.78, 5) is 28.7. The van der Waals surface area contributed by atoms with Gasteiger partial charge >= 0.3 is 0 Å². The highest BCUT2D eigenvalue weighted by Gasteiger charge is 2.23. The van der Waals surface area contributed by atoms with Gasteiger partial charge in [0, 0.05) is 37.4 Å². The monoisotopic (exact) mass is 381 g/mol. The van der Waals surface area contributed by atoms with Crippen LogP contribution >= 0.6 is 0 Å². The van der Waals surface area contributed by atoms with E-state index in [0.29, 0.717) is 38.3 Å². The number of aromatic hydroxyl groups is 1. The first-order valence-corrected chi connectivity index (χ1v) is 9.71. The Hall–Kier alpha value is -2.86. The van der Waals surface area contributed by atoms with Crippen molar-refractivity contribution in [3.05, 3.63) is 59.7 Å². The van der Waals surface area contributed by atoms with Crippen LogP contribution in [0.25, 0.3) is 0 Å². The number of benzene rings is 2. The largest absolute Gasteiger partial charge is 0.508 e. The standard InChI is InChI=1S/C22H27N3O3/c1-2-17-7-3-5-9-19(17)23-21(27)16-24-11-13-25(14-12-24)22(28)15-18-8-4-6-10-20(18)26/h3-10,26H,2,11-16H2,1H3,(H,23,27). The molecule has 1 heterocycles. The molecule has 2 amide bonds. The molecule has 0 atom stereocenters. The summed E-state index contributed by atoms with van der Waals surface area (Å²) in [6.07, 6.45) is 1.06. The lowest BCUT2D eigenvalue weighted by atomic mass is 10.1. The zero-order chi connectivity index (χ0) is 19.9. The van der Waals surface area contributed by atoms with Crippen molar-refractivity contribution in [2.75, 3.05) is 38.0 Å². The molecule has 0 aliphatic carbocycles. The number of anilines is 1. The zero-order valence-electron chi connectivity index (χ0n) is 16.2. The summed E-state index contributed by atoms with van der Waals surface area (Å²) >= 11 is 0. The minimum Gasteiger partial charge on any atom is -0.508 e. The summed E-state index contributed by atoms with van der Waals surface area (Å²) < 4.78 is 0. The molecule has 6 heteroatoms. The summed E-state index contributed by atoms with van der Waals surface area (Å²) in [6.45, 7) is 4.89. The van der Waals surface area contributed by atoms with Crippen molar-refractivity contribution in [3.8, 4) is 5.75 Å². The summed E-state index contributed by atoms with van der Waals surface area (Å²) in [5.41, 5.74) is 2.63. The predicted molar refractivity (Wildman–Crippen MR) is 109 cm³/mol. The number of nitrogens with one attached hydrogen (secondary N) is 1. The smallest absolute Gasteiger partial charge is 0.238 e. The van der Waals surface area contributed by atoms with E-state index in [2.05, 4.69) is 17.1 Å². The van der Waals surface area contributed by atoms with Crippen LogP contribution in [0.2, 0.25) is 0 Å². The van der Waals surface area contributed by atoms with E-state index in [1.54, 1.807) is 23.1 Å². The zero-order valence-corrected chi connectivity index (χ0v) is 16.2. The Morgan fingerprint density at radius 1 is 0.964 bits per heavy atom. The van der Waals surface area contributed by atoms with E-state index >= 15 is 0 Å². The molecule has 28 heavy (non-hydrogen) atoms. The lowest BCUT2D eigenvalue weighted by molar-refractivity contribution is -0.132. The van der Waals surface area contributed by atoms with Crippen molar-refractivity contribution >= 4 is 17.5 Å². The van der Waals surface area contributed by atoms with Gasteiger partial charge in [0.1, 0.15) is 5.75 Å². The van der Waals surface area contributed by atoms with Gasteiger partial charge in [-0.05, 0) is 24.1 Å². The number of carbonyl (C=O) groups excluding carboxylic acids is 2. The number of rotatable bonds is 6. The summed E-state index contributed by atoms with van der Waals surface area (Å²) in [5, 5.41) is 12.8. The molecule has 0 unspecified atom stereocenters. The van der Waals surface area contributed by atoms with Crippen LogP contribution < -0.4 is 5.32 Å². The highest BCUT2D eigenvalue weighted by Crippen LogP contribution is 2.18. The minimum atomic E-state index is -0.0325. The van der Waals surface area contributed by atoms with Gasteiger partial charge < -0.3 is 15.3 Å². The summed E-state index contributed by atoms with van der Waals surface area (Å²) in [5.74, 6) is 0.121. The van der Waals surface area contributed by atoms with Crippen LogP contribution in [0, 0.1) is 0 Å². The van der Waals surface area contributed by atoms with Gasteiger partial charge in [0.2, 0.25) is 11.8 Å². The maximum absolute atomic E-state index is 12.5. The molecule has 1 saturated heterocycles. The number of amides is 2. The van der Waals surface area contributed by atoms with Gasteiger partial charge in [0.25, 0.3) is 0 Å². The molecule has 1 aliphatic heterocycles. The van der Waals surface area contributed by atoms with E-state index < -0.39 is 0 Å². The molecule has 148 valence electrons. The molecule has 2 aromatic rings. The van der Waals surface area contributed by atoms with Crippen LogP contribution in [0.5, 0.6) is 5.75 Å². The molecule has 2 N–H and O–H groups in total. The fourth-order valence-corrected chi connectivity index (χ4v) is 3.43. The van der Waals surface area contributed by atoms with E-state index in [-0.39, 0.29) is 24.0 Å². The van der Waals surface area contributed by atoms with Gasteiger partial charge in [-0.15, -0.1) is 0 Å². The van der Waals surface area contributed by atoms with Crippen molar-refractivity contribution in [1.29, 1.82) is 0 Å². The summed E-state index contributed by atoms with van der Waals surface area (Å²) in [7, 11) is 0. The van der Waals surface area contributed by atoms with Crippen molar-refractivity contribution in [2.45, 2.75) is 19.8 Å². The Labute approximate surface area is 165 Å². The van der Waals surface area contributed by atoms with Crippen LogP contribution in [-0.4, -0.2) is 59.4 Å². The third-order valence-electron chi connectivity index (χ3n) is 5.10. The number of piperazine rings is 1. The second kappa shape index (κ2) is 9.37. The maximum atomic E-state index is 12.5. The molecule has 0 saturated carbocycles. The predicted octanol–water partition coefficient (Wildman–Crippen LogP) is 2.28. The number of para-hydroxylation sites is 2. The second-order valence-corrected chi connectivity index (χ2v) is 7.02. The molecule has 0 radical (unpaired) electrons. The Morgan fingerprint density at radius 2 is 1.61 bits per heavy atom. The third-order valence-corrected chi connectivity index (χ3v) is 5.10. The highest BCUT2D eigenvalue weighted by molar-refractivity contribution is 5.93. The van der Waals surface area contributed by atoms with Crippen molar-refractivity contribution < 1.29 is 14.7 Å². The molecule has 1 fully saturated rings. The summed E-state index contributed by atoms with van der Waals surface area (Å²) in [6, 6.07) is 14.7. The van der Waals surface area contributed by atoms with Crippen LogP contribution in [-0.2, 0) is 22.4 Å². The van der Waals surface area contributed by atoms with E-state index in [0.717, 1.165) is 17.7 Å². The molecular formula is C22H27N3O3. The quantitative estimate of drug-likeness (QED) is 0.805. The second-order valence-electron chi connectivity index (χ2n) is 7.02. The first-order chi connectivity index (χ1) is 13.6. The van der Waals surface area contributed by atoms with Gasteiger partial charge in [-0.3, -0.25) is 14.5 Å². The van der Waals surface area contributed by atoms with Gasteiger partial charge in [-0.2, -0.15) is 0 Å². The Morgan fingerprint density at radius 3 is 2.29 bits per heavy atom. The van der Waals surface area contributed by atoms with Gasteiger partial charge in [0.05, 0.1) is 13.0 Å². The van der Waals surface area contributed by atoms with Crippen molar-refractivity contribution in [1.82, 2.24) is 9.80 Å². The number of hydrogen-bond donors (Lipinski definition) is 2. The number of phenols is 1. The number of aryl methyl sites for hydroxylation is 1. The van der Waals surface area contributed by atoms with E-state index in [4.69, 9.17) is 0 Å². The highest BCUT2D eigenvalue weighted by atomic mass is 16.3. The van der Waals surface area contributed by atoms with Crippen LogP contribution in [0.15, 0.2) is 48.5 Å². The van der Waals surface area contributed by atoms with Crippen LogP contribution in [0.3, 0.4) is 0 Å². The molecule has 0 spiro atoms. The third kappa shape index (κ3) is 5.10. The number of phenolic OH excluding ortho intramolecular Hbond substituents is 1. The average Bonchev–Trinajstić information content (AvgIpc) is 2.70. The van der Waals surface area contributed by atoms with E-state index in [1.807, 2.05) is 30.3 Å². The molecule has 3 rings (SSSR count). The molecule has 0 aromatic heterocycles. The van der Waals surface area contributed by atoms with Gasteiger partial charge in [-0.1, -0.05) is 43.3 Å². The Balaban J connectivity index is 1.46. The fourth-order valence-electron chi connectivity index (χ4n) is 3.43. The SMILES string of the molecule is CCc1ccccc1NC(=O)CN1CCN(C(=O)Cc2ccccc2O)CC1. The molecule has 6 nitrogen and oxygen atoms in total. The number of nitrogens with zero attached hydrogens (tertiary/aromatic N) is 2. The van der Waals surface area contributed by atoms with E-state index in [1.165, 1.54) is 0 Å². The molecule has 0 bridgehead atoms. The lowest BCUT2D eigenvalue weighted by Gasteiger charge is -2.34. The van der Waals surface area contributed by atoms with Gasteiger partial charge in [0.15, 0.2) is 0 Å². The Kier molecular flexibility index (Phi) is 6.66. The Bertz CT molecular complexity index is 829. The first-order valence-electron chi connectivity index (χ1n) is 9.71. The van der Waals surface area contributed by atoms with Gasteiger partial charge in [-0.25, -0.2) is 0 Å². The van der Waals surface area contributed by atoms with Crippen LogP contribution in [0.1, 0.15) is 18.1 Å². The normalized spacial score (nSPS) is 14.7. The average molecular weight is 381 g/mol. The number of carbonyl (C=O) groups is 2. The molecular weight excluding hydrogens is 354 g/mol. The van der Waals surface area contributed by atoms with E-state index in [9.17, 15) is 14.7 Å². The van der Waals surface area contributed by atoms with Crippen LogP contribution in [0.4, 0.5) is 5.69 Å².